The van der Waals surface area contributed by atoms with E-state index in [0.29, 0.717) is 11.3 Å². The fraction of sp³-hybridized carbons (Fsp3) is 0.360. The van der Waals surface area contributed by atoms with Crippen LogP contribution in [0, 0.1) is 17.3 Å². The van der Waals surface area contributed by atoms with E-state index >= 15 is 0 Å². The lowest BCUT2D eigenvalue weighted by Crippen LogP contribution is -2.50. The predicted octanol–water partition coefficient (Wildman–Crippen LogP) is 3.86. The van der Waals surface area contributed by atoms with E-state index in [1.54, 1.807) is 31.2 Å². The number of amides is 1. The Labute approximate surface area is 201 Å². The summed E-state index contributed by atoms with van der Waals surface area (Å²) in [4.78, 5) is 26.1. The van der Waals surface area contributed by atoms with Crippen LogP contribution in [-0.4, -0.2) is 50.5 Å². The Bertz CT molecular complexity index is 1070. The fourth-order valence-corrected chi connectivity index (χ4v) is 5.20. The first-order chi connectivity index (χ1) is 16.4. The minimum absolute atomic E-state index is 0.0140. The second kappa shape index (κ2) is 11.7. The number of piperidine rings is 1. The van der Waals surface area contributed by atoms with Gasteiger partial charge in [0, 0.05) is 13.1 Å². The van der Waals surface area contributed by atoms with E-state index in [0.717, 1.165) is 5.56 Å². The molecule has 0 radical (unpaired) electrons. The normalized spacial score (nSPS) is 16.5. The Morgan fingerprint density at radius 1 is 1.12 bits per heavy atom. The van der Waals surface area contributed by atoms with Gasteiger partial charge >= 0.3 is 12.1 Å². The molecule has 3 rings (SSSR count). The van der Waals surface area contributed by atoms with Gasteiger partial charge in [0.1, 0.15) is 24.2 Å². The molecule has 1 amide bonds. The van der Waals surface area contributed by atoms with Crippen molar-refractivity contribution in [2.45, 2.75) is 31.6 Å². The lowest BCUT2D eigenvalue weighted by Gasteiger charge is -2.42. The highest BCUT2D eigenvalue weighted by molar-refractivity contribution is 7.79. The molecule has 2 N–H and O–H groups in total. The number of ether oxygens (including phenoxy) is 2. The molecule has 9 heteroatoms. The molecule has 0 spiro atoms. The SMILES string of the molecule is CC#CCOc1ccc(C(S(=O)O)C2(C(=O)OCc3ccccc3)CCN(C(=O)O)CC2)cc1. The number of esters is 1. The molecule has 0 bridgehead atoms. The zero-order chi connectivity index (χ0) is 24.6. The Morgan fingerprint density at radius 2 is 1.76 bits per heavy atom. The molecule has 1 aliphatic heterocycles. The van der Waals surface area contributed by atoms with Crippen molar-refractivity contribution in [3.8, 4) is 17.6 Å². The molecule has 1 fully saturated rings. The van der Waals surface area contributed by atoms with Gasteiger partial charge in [-0.2, -0.15) is 0 Å². The van der Waals surface area contributed by atoms with Crippen molar-refractivity contribution in [2.24, 2.45) is 5.41 Å². The van der Waals surface area contributed by atoms with E-state index in [4.69, 9.17) is 9.47 Å². The third-order valence-corrected chi connectivity index (χ3v) is 7.05. The fourth-order valence-electron chi connectivity index (χ4n) is 4.10. The standard InChI is InChI=1S/C25H27NO7S/c1-2-3-17-32-21-11-9-20(10-12-21)22(34(30)31)25(13-15-26(16-14-25)24(28)29)23(27)33-18-19-7-5-4-6-8-19/h4-12,22H,13-18H2,1H3,(H,28,29)(H,30,31). The molecular weight excluding hydrogens is 458 g/mol. The molecule has 1 saturated heterocycles. The van der Waals surface area contributed by atoms with E-state index in [9.17, 15) is 23.5 Å². The average molecular weight is 486 g/mol. The van der Waals surface area contributed by atoms with Gasteiger partial charge in [-0.15, -0.1) is 5.92 Å². The van der Waals surface area contributed by atoms with E-state index < -0.39 is 33.8 Å². The maximum absolute atomic E-state index is 13.5. The molecule has 1 heterocycles. The van der Waals surface area contributed by atoms with Gasteiger partial charge in [0.15, 0.2) is 11.1 Å². The molecule has 2 atom stereocenters. The average Bonchev–Trinajstić information content (AvgIpc) is 2.84. The Kier molecular flexibility index (Phi) is 8.68. The van der Waals surface area contributed by atoms with Gasteiger partial charge in [-0.25, -0.2) is 9.00 Å². The summed E-state index contributed by atoms with van der Waals surface area (Å²) in [5.74, 6) is 5.44. The van der Waals surface area contributed by atoms with Crippen LogP contribution in [0.4, 0.5) is 4.79 Å². The minimum atomic E-state index is -2.43. The lowest BCUT2D eigenvalue weighted by atomic mass is 9.73. The van der Waals surface area contributed by atoms with E-state index in [-0.39, 0.29) is 39.1 Å². The third-order valence-electron chi connectivity index (χ3n) is 5.92. The number of benzene rings is 2. The molecule has 2 aromatic carbocycles. The highest BCUT2D eigenvalue weighted by Crippen LogP contribution is 2.47. The number of carbonyl (C=O) groups excluding carboxylic acids is 1. The topological polar surface area (TPSA) is 113 Å². The van der Waals surface area contributed by atoms with E-state index in [1.165, 1.54) is 4.90 Å². The maximum atomic E-state index is 13.5. The van der Waals surface area contributed by atoms with Crippen LogP contribution in [0.3, 0.4) is 0 Å². The van der Waals surface area contributed by atoms with Crippen LogP contribution in [0.2, 0.25) is 0 Å². The van der Waals surface area contributed by atoms with Crippen molar-refractivity contribution in [2.75, 3.05) is 19.7 Å². The van der Waals surface area contributed by atoms with E-state index in [2.05, 4.69) is 11.8 Å². The smallest absolute Gasteiger partial charge is 0.407 e. The van der Waals surface area contributed by atoms with Crippen LogP contribution < -0.4 is 4.74 Å². The molecule has 0 aliphatic carbocycles. The monoisotopic (exact) mass is 485 g/mol. The zero-order valence-corrected chi connectivity index (χ0v) is 19.6. The second-order valence-corrected chi connectivity index (χ2v) is 8.95. The largest absolute Gasteiger partial charge is 0.481 e. The summed E-state index contributed by atoms with van der Waals surface area (Å²) >= 11 is -2.43. The summed E-state index contributed by atoms with van der Waals surface area (Å²) in [7, 11) is 0. The molecule has 34 heavy (non-hydrogen) atoms. The van der Waals surface area contributed by atoms with Gasteiger partial charge in [0.2, 0.25) is 0 Å². The zero-order valence-electron chi connectivity index (χ0n) is 18.8. The van der Waals surface area contributed by atoms with Crippen molar-refractivity contribution >= 4 is 23.1 Å². The Morgan fingerprint density at radius 3 is 2.32 bits per heavy atom. The highest BCUT2D eigenvalue weighted by atomic mass is 32.2. The Hall–Kier alpha value is -3.35. The number of rotatable bonds is 8. The Balaban J connectivity index is 1.90. The number of carbonyl (C=O) groups is 2. The quantitative estimate of drug-likeness (QED) is 0.332. The second-order valence-electron chi connectivity index (χ2n) is 7.93. The molecular formula is C25H27NO7S. The van der Waals surface area contributed by atoms with Crippen molar-refractivity contribution < 1.29 is 32.9 Å². The van der Waals surface area contributed by atoms with Crippen LogP contribution >= 0.6 is 0 Å². The van der Waals surface area contributed by atoms with Crippen molar-refractivity contribution in [1.82, 2.24) is 4.90 Å². The number of hydrogen-bond acceptors (Lipinski definition) is 5. The van der Waals surface area contributed by atoms with Gasteiger partial charge in [0.25, 0.3) is 0 Å². The van der Waals surface area contributed by atoms with Gasteiger partial charge in [-0.1, -0.05) is 48.4 Å². The number of carboxylic acid groups (broad SMARTS) is 1. The molecule has 1 aliphatic rings. The maximum Gasteiger partial charge on any atom is 0.407 e. The molecule has 180 valence electrons. The number of nitrogens with zero attached hydrogens (tertiary/aromatic N) is 1. The van der Waals surface area contributed by atoms with Crippen LogP contribution in [0.5, 0.6) is 5.75 Å². The lowest BCUT2D eigenvalue weighted by molar-refractivity contribution is -0.160. The summed E-state index contributed by atoms with van der Waals surface area (Å²) in [6.07, 6.45) is -0.966. The van der Waals surface area contributed by atoms with E-state index in [1.807, 2.05) is 30.3 Å². The minimum Gasteiger partial charge on any atom is -0.481 e. The van der Waals surface area contributed by atoms with Crippen LogP contribution in [0.1, 0.15) is 36.1 Å². The predicted molar refractivity (Wildman–Crippen MR) is 126 cm³/mol. The molecule has 0 saturated carbocycles. The van der Waals surface area contributed by atoms with Crippen LogP contribution in [-0.2, 0) is 27.2 Å². The van der Waals surface area contributed by atoms with Crippen LogP contribution in [0.15, 0.2) is 54.6 Å². The summed E-state index contributed by atoms with van der Waals surface area (Å²) < 4.78 is 34.1. The van der Waals surface area contributed by atoms with Crippen molar-refractivity contribution in [1.29, 1.82) is 0 Å². The summed E-state index contributed by atoms with van der Waals surface area (Å²) in [5.41, 5.74) is -0.112. The van der Waals surface area contributed by atoms with Crippen LogP contribution in [0.25, 0.3) is 0 Å². The van der Waals surface area contributed by atoms with Gasteiger partial charge in [-0.05, 0) is 43.0 Å². The van der Waals surface area contributed by atoms with Crippen molar-refractivity contribution in [3.05, 3.63) is 65.7 Å². The van der Waals surface area contributed by atoms with Gasteiger partial charge in [0.05, 0.1) is 5.41 Å². The first-order valence-electron chi connectivity index (χ1n) is 10.8. The number of likely N-dealkylation sites (tertiary alicyclic amines) is 1. The summed E-state index contributed by atoms with van der Waals surface area (Å²) in [6.45, 7) is 2.05. The van der Waals surface area contributed by atoms with Gasteiger partial charge in [-0.3, -0.25) is 4.79 Å². The van der Waals surface area contributed by atoms with Crippen molar-refractivity contribution in [3.63, 3.8) is 0 Å². The third kappa shape index (κ3) is 5.95. The summed E-state index contributed by atoms with van der Waals surface area (Å²) in [6, 6.07) is 15.7. The van der Waals surface area contributed by atoms with Gasteiger partial charge < -0.3 is 24.0 Å². The highest BCUT2D eigenvalue weighted by Gasteiger charge is 2.52. The summed E-state index contributed by atoms with van der Waals surface area (Å²) in [5, 5.41) is 8.26. The molecule has 2 aromatic rings. The first kappa shape index (κ1) is 25.3. The molecule has 2 unspecified atom stereocenters. The molecule has 8 nitrogen and oxygen atoms in total. The molecule has 0 aromatic heterocycles. The first-order valence-corrected chi connectivity index (χ1v) is 12.0. The number of hydrogen-bond donors (Lipinski definition) is 2.